The van der Waals surface area contributed by atoms with E-state index in [1.54, 1.807) is 55.7 Å². The Bertz CT molecular complexity index is 1530. The number of hydrogen-bond acceptors (Lipinski definition) is 7. The van der Waals surface area contributed by atoms with Gasteiger partial charge in [0.25, 0.3) is 11.8 Å². The number of rotatable bonds is 6. The minimum atomic E-state index is -0.557. The highest BCUT2D eigenvalue weighted by Crippen LogP contribution is 2.39. The first-order valence-corrected chi connectivity index (χ1v) is 14.0. The molecule has 0 saturated carbocycles. The summed E-state index contributed by atoms with van der Waals surface area (Å²) >= 11 is 6.95. The summed E-state index contributed by atoms with van der Waals surface area (Å²) in [6, 6.07) is 8.78. The Morgan fingerprint density at radius 2 is 1.87 bits per heavy atom. The van der Waals surface area contributed by atoms with E-state index < -0.39 is 11.8 Å². The number of nitrogens with zero attached hydrogens (tertiary/aromatic N) is 2. The van der Waals surface area contributed by atoms with Crippen LogP contribution in [-0.2, 0) is 27.2 Å². The number of aryl methyl sites for hydroxylation is 2. The third kappa shape index (κ3) is 4.79. The lowest BCUT2D eigenvalue weighted by atomic mass is 9.95. The topological polar surface area (TPSA) is 89.9 Å². The van der Waals surface area contributed by atoms with Gasteiger partial charge in [0.2, 0.25) is 0 Å². The van der Waals surface area contributed by atoms with Gasteiger partial charge in [0.1, 0.15) is 16.3 Å². The molecule has 1 saturated heterocycles. The van der Waals surface area contributed by atoms with Gasteiger partial charge in [-0.3, -0.25) is 19.8 Å². The smallest absolute Gasteiger partial charge is 0.341 e. The predicted molar refractivity (Wildman–Crippen MR) is 155 cm³/mol. The van der Waals surface area contributed by atoms with E-state index in [-0.39, 0.29) is 16.7 Å². The molecule has 1 fully saturated rings. The number of aromatic nitrogens is 1. The van der Waals surface area contributed by atoms with Crippen molar-refractivity contribution in [1.29, 1.82) is 0 Å². The molecule has 0 unspecified atom stereocenters. The molecular formula is C29H29N3O5S2. The Kier molecular flexibility index (Phi) is 7.42. The largest absolute Gasteiger partial charge is 0.497 e. The zero-order valence-corrected chi connectivity index (χ0v) is 23.9. The van der Waals surface area contributed by atoms with E-state index >= 15 is 0 Å². The fourth-order valence-electron chi connectivity index (χ4n) is 5.15. The van der Waals surface area contributed by atoms with Crippen molar-refractivity contribution >= 4 is 58.2 Å². The van der Waals surface area contributed by atoms with Crippen molar-refractivity contribution in [3.63, 3.8) is 0 Å². The fraction of sp³-hybridized carbons (Fsp3) is 0.310. The van der Waals surface area contributed by atoms with Crippen LogP contribution in [-0.4, -0.2) is 41.2 Å². The van der Waals surface area contributed by atoms with E-state index in [1.807, 2.05) is 24.5 Å². The standard InChI is InChI=1S/C29H29N3O5S2/c1-5-37-28(35)24-21-8-6-7-9-23(21)39-27(24)31-16(2)14-18(17(31)3)15-22-25(33)30-29(38)32(26(22)34)19-10-12-20(36-4)13-11-19/h10-15H,5-9H2,1-4H3,(H,30,33,38)/b22-15+. The summed E-state index contributed by atoms with van der Waals surface area (Å²) < 4.78 is 12.7. The lowest BCUT2D eigenvalue weighted by molar-refractivity contribution is -0.122. The number of thiophene rings is 1. The molecule has 5 rings (SSSR count). The summed E-state index contributed by atoms with van der Waals surface area (Å²) in [6.45, 7) is 5.97. The average molecular weight is 564 g/mol. The van der Waals surface area contributed by atoms with Gasteiger partial charge in [-0.1, -0.05) is 0 Å². The van der Waals surface area contributed by atoms with Crippen molar-refractivity contribution in [1.82, 2.24) is 9.88 Å². The summed E-state index contributed by atoms with van der Waals surface area (Å²) in [6.07, 6.45) is 5.52. The third-order valence-corrected chi connectivity index (χ3v) is 8.60. The first kappa shape index (κ1) is 26.8. The number of hydrogen-bond donors (Lipinski definition) is 1. The lowest BCUT2D eigenvalue weighted by Crippen LogP contribution is -2.54. The third-order valence-electron chi connectivity index (χ3n) is 7.04. The molecule has 2 aromatic heterocycles. The summed E-state index contributed by atoms with van der Waals surface area (Å²) in [7, 11) is 1.56. The number of amides is 2. The number of benzene rings is 1. The minimum Gasteiger partial charge on any atom is -0.497 e. The molecule has 0 atom stereocenters. The van der Waals surface area contributed by atoms with Gasteiger partial charge in [0.05, 0.1) is 25.0 Å². The lowest BCUT2D eigenvalue weighted by Gasteiger charge is -2.29. The predicted octanol–water partition coefficient (Wildman–Crippen LogP) is 5.05. The number of fused-ring (bicyclic) bond motifs is 1. The van der Waals surface area contributed by atoms with Crippen LogP contribution in [0.2, 0.25) is 0 Å². The molecule has 3 heterocycles. The van der Waals surface area contributed by atoms with Crippen LogP contribution in [0.1, 0.15) is 57.5 Å². The molecule has 1 aliphatic carbocycles. The molecule has 39 heavy (non-hydrogen) atoms. The first-order chi connectivity index (χ1) is 18.7. The second-order valence-electron chi connectivity index (χ2n) is 9.43. The van der Waals surface area contributed by atoms with Crippen LogP contribution in [0.25, 0.3) is 11.1 Å². The average Bonchev–Trinajstić information content (AvgIpc) is 3.42. The maximum atomic E-state index is 13.5. The van der Waals surface area contributed by atoms with Crippen molar-refractivity contribution in [3.8, 4) is 10.8 Å². The van der Waals surface area contributed by atoms with Crippen LogP contribution in [0.5, 0.6) is 5.75 Å². The van der Waals surface area contributed by atoms with Gasteiger partial charge in [0, 0.05) is 16.3 Å². The van der Waals surface area contributed by atoms with Gasteiger partial charge in [-0.25, -0.2) is 4.79 Å². The Morgan fingerprint density at radius 3 is 2.56 bits per heavy atom. The van der Waals surface area contributed by atoms with Crippen LogP contribution >= 0.6 is 23.6 Å². The summed E-state index contributed by atoms with van der Waals surface area (Å²) in [4.78, 5) is 42.1. The molecule has 202 valence electrons. The van der Waals surface area contributed by atoms with E-state index in [2.05, 4.69) is 5.32 Å². The normalized spacial score (nSPS) is 16.4. The van der Waals surface area contributed by atoms with Gasteiger partial charge >= 0.3 is 5.97 Å². The van der Waals surface area contributed by atoms with Crippen LogP contribution in [0, 0.1) is 13.8 Å². The highest BCUT2D eigenvalue weighted by atomic mass is 32.1. The highest BCUT2D eigenvalue weighted by molar-refractivity contribution is 7.80. The molecule has 8 nitrogen and oxygen atoms in total. The van der Waals surface area contributed by atoms with Crippen LogP contribution < -0.4 is 15.0 Å². The second-order valence-corrected chi connectivity index (χ2v) is 10.9. The SMILES string of the molecule is CCOC(=O)c1c(-n2c(C)cc(/C=C3\C(=O)NC(=S)N(c4ccc(OC)cc4)C3=O)c2C)sc2c1CCCC2. The maximum Gasteiger partial charge on any atom is 0.341 e. The first-order valence-electron chi connectivity index (χ1n) is 12.8. The van der Waals surface area contributed by atoms with Crippen molar-refractivity contribution < 1.29 is 23.9 Å². The van der Waals surface area contributed by atoms with Gasteiger partial charge < -0.3 is 14.0 Å². The summed E-state index contributed by atoms with van der Waals surface area (Å²) in [5, 5.41) is 3.47. The summed E-state index contributed by atoms with van der Waals surface area (Å²) in [5.41, 5.74) is 4.59. The Hall–Kier alpha value is -3.76. The van der Waals surface area contributed by atoms with E-state index in [4.69, 9.17) is 21.7 Å². The number of carbonyl (C=O) groups is 3. The fourth-order valence-corrected chi connectivity index (χ4v) is 6.92. The minimum absolute atomic E-state index is 0.0148. The van der Waals surface area contributed by atoms with Gasteiger partial charge in [-0.15, -0.1) is 11.3 Å². The maximum absolute atomic E-state index is 13.5. The zero-order chi connectivity index (χ0) is 27.8. The number of ether oxygens (including phenoxy) is 2. The Balaban J connectivity index is 1.57. The number of esters is 1. The van der Waals surface area contributed by atoms with E-state index in [0.717, 1.165) is 47.6 Å². The molecule has 2 aliphatic rings. The molecule has 0 bridgehead atoms. The zero-order valence-electron chi connectivity index (χ0n) is 22.3. The molecular weight excluding hydrogens is 534 g/mol. The van der Waals surface area contributed by atoms with Crippen LogP contribution in [0.4, 0.5) is 5.69 Å². The molecule has 2 amide bonds. The van der Waals surface area contributed by atoms with Gasteiger partial charge in [-0.05, 0) is 106 Å². The monoisotopic (exact) mass is 563 g/mol. The number of carbonyl (C=O) groups excluding carboxylic acids is 3. The molecule has 10 heteroatoms. The molecule has 0 spiro atoms. The number of anilines is 1. The quantitative estimate of drug-likeness (QED) is 0.195. The van der Waals surface area contributed by atoms with Crippen molar-refractivity contribution in [2.24, 2.45) is 0 Å². The van der Waals surface area contributed by atoms with E-state index in [0.29, 0.717) is 29.2 Å². The van der Waals surface area contributed by atoms with Crippen molar-refractivity contribution in [2.75, 3.05) is 18.6 Å². The second kappa shape index (κ2) is 10.8. The number of methoxy groups -OCH3 is 1. The summed E-state index contributed by atoms with van der Waals surface area (Å²) in [5.74, 6) is -0.750. The highest BCUT2D eigenvalue weighted by Gasteiger charge is 2.35. The molecule has 3 aromatic rings. The molecule has 1 aliphatic heterocycles. The van der Waals surface area contributed by atoms with Crippen LogP contribution in [0.3, 0.4) is 0 Å². The van der Waals surface area contributed by atoms with Crippen LogP contribution in [0.15, 0.2) is 35.9 Å². The van der Waals surface area contributed by atoms with Gasteiger partial charge in [0.15, 0.2) is 5.11 Å². The Morgan fingerprint density at radius 1 is 1.15 bits per heavy atom. The van der Waals surface area contributed by atoms with Gasteiger partial charge in [-0.2, -0.15) is 0 Å². The molecule has 0 radical (unpaired) electrons. The Labute approximate surface area is 236 Å². The van der Waals surface area contributed by atoms with Crippen molar-refractivity contribution in [3.05, 3.63) is 68.9 Å². The number of nitrogens with one attached hydrogen (secondary N) is 1. The number of thiocarbonyl (C=S) groups is 1. The molecule has 1 N–H and O–H groups in total. The van der Waals surface area contributed by atoms with Crippen molar-refractivity contribution in [2.45, 2.75) is 46.5 Å². The van der Waals surface area contributed by atoms with E-state index in [1.165, 1.54) is 9.78 Å². The van der Waals surface area contributed by atoms with E-state index in [9.17, 15) is 14.4 Å². The molecule has 1 aromatic carbocycles.